The Labute approximate surface area is 190 Å². The molecule has 0 aromatic heterocycles. The van der Waals surface area contributed by atoms with Crippen LogP contribution in [0.1, 0.15) is 88.5 Å². The second kappa shape index (κ2) is 13.0. The molecule has 2 atom stereocenters. The van der Waals surface area contributed by atoms with Gasteiger partial charge in [-0.05, 0) is 64.4 Å². The Morgan fingerprint density at radius 2 is 1.48 bits per heavy atom. The van der Waals surface area contributed by atoms with Crippen LogP contribution >= 0.6 is 0 Å². The monoisotopic (exact) mass is 437 g/mol. The molecule has 0 bridgehead atoms. The molecule has 6 heteroatoms. The van der Waals surface area contributed by atoms with Crippen LogP contribution < -0.4 is 10.6 Å². The third-order valence-electron chi connectivity index (χ3n) is 5.97. The van der Waals surface area contributed by atoms with Gasteiger partial charge in [-0.25, -0.2) is 0 Å². The molecule has 0 spiro atoms. The first-order valence-electron chi connectivity index (χ1n) is 11.8. The normalized spacial score (nSPS) is 14.7. The van der Waals surface area contributed by atoms with Gasteiger partial charge >= 0.3 is 0 Å². The van der Waals surface area contributed by atoms with E-state index in [4.69, 9.17) is 0 Å². The summed E-state index contributed by atoms with van der Waals surface area (Å²) in [6.45, 7) is 19.5. The van der Waals surface area contributed by atoms with Gasteiger partial charge in [0.2, 0.25) is 11.8 Å². The molecule has 0 aliphatic rings. The lowest BCUT2D eigenvalue weighted by Gasteiger charge is -2.37. The highest BCUT2D eigenvalue weighted by Crippen LogP contribution is 2.20. The Morgan fingerprint density at radius 1 is 0.968 bits per heavy atom. The van der Waals surface area contributed by atoms with E-state index in [0.29, 0.717) is 24.8 Å². The van der Waals surface area contributed by atoms with Crippen LogP contribution in [0.2, 0.25) is 0 Å². The number of amides is 2. The molecule has 31 heavy (non-hydrogen) atoms. The summed E-state index contributed by atoms with van der Waals surface area (Å²) in [5, 5.41) is 6.48. The van der Waals surface area contributed by atoms with Crippen LogP contribution in [-0.4, -0.2) is 53.2 Å². The van der Waals surface area contributed by atoms with Crippen molar-refractivity contribution in [3.63, 3.8) is 0 Å². The van der Waals surface area contributed by atoms with Gasteiger partial charge in [-0.2, -0.15) is 0 Å². The smallest absolute Gasteiger partial charge is 0.245 e. The second-order valence-electron chi connectivity index (χ2n) is 9.83. The van der Waals surface area contributed by atoms with E-state index in [1.54, 1.807) is 18.9 Å². The van der Waals surface area contributed by atoms with Crippen molar-refractivity contribution in [2.45, 2.75) is 112 Å². The summed E-state index contributed by atoms with van der Waals surface area (Å²) in [5.41, 5.74) is -0.0647. The number of likely N-dealkylation sites (N-methyl/N-ethyl adjacent to an activating group) is 1. The molecule has 0 saturated heterocycles. The predicted molar refractivity (Wildman–Crippen MR) is 129 cm³/mol. The van der Waals surface area contributed by atoms with Crippen LogP contribution in [0.15, 0.2) is 11.6 Å². The fourth-order valence-corrected chi connectivity index (χ4v) is 3.90. The number of carbonyl (C=O) groups is 3. The lowest BCUT2D eigenvalue weighted by atomic mass is 9.89. The Morgan fingerprint density at radius 3 is 1.84 bits per heavy atom. The first-order valence-corrected chi connectivity index (χ1v) is 11.8. The van der Waals surface area contributed by atoms with Gasteiger partial charge in [0.05, 0.1) is 11.6 Å². The van der Waals surface area contributed by atoms with Crippen molar-refractivity contribution in [2.75, 3.05) is 7.05 Å². The maximum absolute atomic E-state index is 13.5. The number of allylic oxidation sites excluding steroid dienone is 1. The summed E-state index contributed by atoms with van der Waals surface area (Å²) in [4.78, 5) is 40.3. The molecule has 6 nitrogen and oxygen atoms in total. The van der Waals surface area contributed by atoms with E-state index in [-0.39, 0.29) is 41.5 Å². The molecular weight excluding hydrogens is 390 g/mol. The number of hydrogen-bond acceptors (Lipinski definition) is 4. The predicted octanol–water partition coefficient (Wildman–Crippen LogP) is 4.09. The van der Waals surface area contributed by atoms with E-state index in [0.717, 1.165) is 0 Å². The molecule has 0 radical (unpaired) electrons. The number of nitrogens with zero attached hydrogens (tertiary/aromatic N) is 1. The van der Waals surface area contributed by atoms with Crippen molar-refractivity contribution in [3.05, 3.63) is 11.6 Å². The van der Waals surface area contributed by atoms with E-state index in [1.807, 2.05) is 61.5 Å². The van der Waals surface area contributed by atoms with Gasteiger partial charge in [0.1, 0.15) is 6.04 Å². The van der Waals surface area contributed by atoms with Gasteiger partial charge in [-0.3, -0.25) is 14.4 Å². The fourth-order valence-electron chi connectivity index (χ4n) is 3.90. The molecule has 0 saturated carbocycles. The first-order chi connectivity index (χ1) is 14.2. The number of rotatable bonds is 13. The number of nitrogens with one attached hydrogen (secondary N) is 2. The van der Waals surface area contributed by atoms with E-state index >= 15 is 0 Å². The van der Waals surface area contributed by atoms with Crippen molar-refractivity contribution in [2.24, 2.45) is 11.8 Å². The molecule has 0 fully saturated rings. The highest BCUT2D eigenvalue weighted by molar-refractivity contribution is 5.93. The Balaban J connectivity index is 5.91. The standard InChI is InChI=1S/C25H47N3O3/c1-12-25(13-2,27-18(7)8)24(31)26-21(14-16(3)4)23(30)28(11)22(17(5)6)15-19(9)20(10)29/h15-18,21-22,27H,12-14H2,1-11H3,(H,26,31)/b19-15+. The second-order valence-corrected chi connectivity index (χ2v) is 9.83. The quantitative estimate of drug-likeness (QED) is 0.425. The lowest BCUT2D eigenvalue weighted by molar-refractivity contribution is -0.139. The minimum Gasteiger partial charge on any atom is -0.343 e. The number of Topliss-reactive ketones (excluding diaryl/α,β-unsaturated/α-hetero) is 1. The van der Waals surface area contributed by atoms with Gasteiger partial charge in [0, 0.05) is 13.1 Å². The average molecular weight is 438 g/mol. The lowest BCUT2D eigenvalue weighted by Crippen LogP contribution is -2.62. The first kappa shape index (κ1) is 29.3. The summed E-state index contributed by atoms with van der Waals surface area (Å²) >= 11 is 0. The maximum atomic E-state index is 13.5. The largest absolute Gasteiger partial charge is 0.343 e. The third kappa shape index (κ3) is 8.76. The Kier molecular flexibility index (Phi) is 12.3. The molecule has 0 heterocycles. The van der Waals surface area contributed by atoms with E-state index < -0.39 is 11.6 Å². The molecule has 0 aliphatic heterocycles. The van der Waals surface area contributed by atoms with Gasteiger partial charge in [0.25, 0.3) is 0 Å². The van der Waals surface area contributed by atoms with Crippen molar-refractivity contribution in [1.29, 1.82) is 0 Å². The molecule has 0 aromatic carbocycles. The highest BCUT2D eigenvalue weighted by atomic mass is 16.2. The molecule has 180 valence electrons. The van der Waals surface area contributed by atoms with Crippen molar-refractivity contribution < 1.29 is 14.4 Å². The molecular formula is C25H47N3O3. The zero-order valence-corrected chi connectivity index (χ0v) is 21.8. The van der Waals surface area contributed by atoms with Crippen LogP contribution in [0.25, 0.3) is 0 Å². The van der Waals surface area contributed by atoms with Crippen LogP contribution in [-0.2, 0) is 14.4 Å². The van der Waals surface area contributed by atoms with Crippen LogP contribution in [0.5, 0.6) is 0 Å². The van der Waals surface area contributed by atoms with Crippen LogP contribution in [0.4, 0.5) is 0 Å². The molecule has 2 unspecified atom stereocenters. The van der Waals surface area contributed by atoms with Gasteiger partial charge in [-0.15, -0.1) is 0 Å². The zero-order valence-electron chi connectivity index (χ0n) is 21.8. The summed E-state index contributed by atoms with van der Waals surface area (Å²) in [6.07, 6.45) is 3.70. The Bertz CT molecular complexity index is 634. The number of ketones is 1. The topological polar surface area (TPSA) is 78.5 Å². The van der Waals surface area contributed by atoms with E-state index in [2.05, 4.69) is 10.6 Å². The van der Waals surface area contributed by atoms with Gasteiger partial charge in [-0.1, -0.05) is 47.6 Å². The van der Waals surface area contributed by atoms with Crippen molar-refractivity contribution in [3.8, 4) is 0 Å². The molecule has 0 aromatic rings. The summed E-state index contributed by atoms with van der Waals surface area (Å²) in [7, 11) is 1.76. The molecule has 2 N–H and O–H groups in total. The van der Waals surface area contributed by atoms with Gasteiger partial charge < -0.3 is 15.5 Å². The summed E-state index contributed by atoms with van der Waals surface area (Å²) in [6, 6.07) is -0.687. The SMILES string of the molecule is CCC(CC)(NC(C)C)C(=O)NC(CC(C)C)C(=O)N(C)C(/C=C(\C)C(C)=O)C(C)C. The van der Waals surface area contributed by atoms with Gasteiger partial charge in [0.15, 0.2) is 5.78 Å². The minimum atomic E-state index is -0.704. The van der Waals surface area contributed by atoms with Crippen LogP contribution in [0.3, 0.4) is 0 Å². The number of carbonyl (C=O) groups excluding carboxylic acids is 3. The minimum absolute atomic E-state index is 0.00559. The van der Waals surface area contributed by atoms with E-state index in [1.165, 1.54) is 6.92 Å². The van der Waals surface area contributed by atoms with Crippen LogP contribution in [0, 0.1) is 11.8 Å². The number of hydrogen-bond donors (Lipinski definition) is 2. The van der Waals surface area contributed by atoms with Crippen molar-refractivity contribution in [1.82, 2.24) is 15.5 Å². The summed E-state index contributed by atoms with van der Waals surface area (Å²) < 4.78 is 0. The third-order valence-corrected chi connectivity index (χ3v) is 5.97. The molecule has 0 aliphatic carbocycles. The molecule has 0 rings (SSSR count). The maximum Gasteiger partial charge on any atom is 0.245 e. The summed E-state index contributed by atoms with van der Waals surface area (Å²) in [5.74, 6) is 0.111. The van der Waals surface area contributed by atoms with Crippen molar-refractivity contribution >= 4 is 17.6 Å². The average Bonchev–Trinajstić information content (AvgIpc) is 2.67. The van der Waals surface area contributed by atoms with E-state index in [9.17, 15) is 14.4 Å². The Hall–Kier alpha value is -1.69. The zero-order chi connectivity index (χ0) is 24.5. The fraction of sp³-hybridized carbons (Fsp3) is 0.800. The molecule has 2 amide bonds. The highest BCUT2D eigenvalue weighted by Gasteiger charge is 2.38.